The lowest BCUT2D eigenvalue weighted by Crippen LogP contribution is -2.35. The van der Waals surface area contributed by atoms with Crippen molar-refractivity contribution in [2.24, 2.45) is 0 Å². The highest BCUT2D eigenvalue weighted by Crippen LogP contribution is 2.14. The molecule has 0 bridgehead atoms. The maximum absolute atomic E-state index is 12.7. The van der Waals surface area contributed by atoms with Gasteiger partial charge in [0, 0.05) is 45.6 Å². The highest BCUT2D eigenvalue weighted by atomic mass is 16.5. The second-order valence-corrected chi connectivity index (χ2v) is 6.97. The molecule has 0 aliphatic rings. The van der Waals surface area contributed by atoms with Gasteiger partial charge < -0.3 is 20.3 Å². The van der Waals surface area contributed by atoms with Gasteiger partial charge in [-0.25, -0.2) is 0 Å². The zero-order valence-electron chi connectivity index (χ0n) is 17.5. The molecule has 0 aliphatic heterocycles. The molecule has 2 rings (SSSR count). The van der Waals surface area contributed by atoms with E-state index in [-0.39, 0.29) is 17.5 Å². The number of ether oxygens (including phenoxy) is 1. The Morgan fingerprint density at radius 1 is 1.03 bits per heavy atom. The summed E-state index contributed by atoms with van der Waals surface area (Å²) < 4.78 is 5.00. The summed E-state index contributed by atoms with van der Waals surface area (Å²) in [4.78, 5) is 27.3. The van der Waals surface area contributed by atoms with Crippen molar-refractivity contribution in [2.45, 2.75) is 13.3 Å². The Labute approximate surface area is 172 Å². The second-order valence-electron chi connectivity index (χ2n) is 6.97. The van der Waals surface area contributed by atoms with Crippen LogP contribution in [0.25, 0.3) is 6.08 Å². The zero-order chi connectivity index (χ0) is 21.2. The van der Waals surface area contributed by atoms with Crippen LogP contribution in [0, 0.1) is 6.92 Å². The molecule has 2 N–H and O–H groups in total. The first-order valence-corrected chi connectivity index (χ1v) is 9.55. The molecule has 2 aromatic carbocycles. The summed E-state index contributed by atoms with van der Waals surface area (Å²) in [5.74, 6) is -0.661. The zero-order valence-corrected chi connectivity index (χ0v) is 17.5. The van der Waals surface area contributed by atoms with Crippen LogP contribution in [-0.2, 0) is 9.53 Å². The van der Waals surface area contributed by atoms with Crippen LogP contribution < -0.4 is 15.5 Å². The van der Waals surface area contributed by atoms with Gasteiger partial charge in [0.05, 0.1) is 0 Å². The van der Waals surface area contributed by atoms with E-state index >= 15 is 0 Å². The quantitative estimate of drug-likeness (QED) is 0.506. The number of hydrogen-bond donors (Lipinski definition) is 2. The third kappa shape index (κ3) is 7.08. The number of carbonyl (C=O) groups excluding carboxylic acids is 2. The monoisotopic (exact) mass is 395 g/mol. The largest absolute Gasteiger partial charge is 0.385 e. The normalized spacial score (nSPS) is 11.1. The summed E-state index contributed by atoms with van der Waals surface area (Å²) in [7, 11) is 5.55. The molecule has 2 amide bonds. The average Bonchev–Trinajstić information content (AvgIpc) is 2.71. The number of benzene rings is 2. The van der Waals surface area contributed by atoms with Crippen molar-refractivity contribution in [2.75, 3.05) is 39.3 Å². The number of rotatable bonds is 9. The molecule has 0 saturated heterocycles. The molecule has 154 valence electrons. The van der Waals surface area contributed by atoms with Crippen molar-refractivity contribution in [3.05, 3.63) is 70.9 Å². The van der Waals surface area contributed by atoms with Gasteiger partial charge in [0.2, 0.25) is 0 Å². The smallest absolute Gasteiger partial charge is 0.267 e. The molecular weight excluding hydrogens is 366 g/mol. The molecule has 0 aliphatic carbocycles. The van der Waals surface area contributed by atoms with Gasteiger partial charge in [-0.05, 0) is 49.2 Å². The van der Waals surface area contributed by atoms with Gasteiger partial charge >= 0.3 is 0 Å². The molecule has 0 atom stereocenters. The summed E-state index contributed by atoms with van der Waals surface area (Å²) >= 11 is 0. The Hall–Kier alpha value is -3.12. The number of anilines is 1. The molecule has 6 nitrogen and oxygen atoms in total. The SMILES string of the molecule is COCCCNC(=O)/C(=C\c1ccc(N(C)C)cc1)NC(=O)c1ccc(C)cc1. The van der Waals surface area contributed by atoms with E-state index in [2.05, 4.69) is 10.6 Å². The molecule has 2 aromatic rings. The second kappa shape index (κ2) is 11.0. The van der Waals surface area contributed by atoms with Crippen LogP contribution in [0.4, 0.5) is 5.69 Å². The van der Waals surface area contributed by atoms with Crippen molar-refractivity contribution in [3.8, 4) is 0 Å². The maximum atomic E-state index is 12.7. The Morgan fingerprint density at radius 2 is 1.69 bits per heavy atom. The van der Waals surface area contributed by atoms with Gasteiger partial charge in [-0.2, -0.15) is 0 Å². The van der Waals surface area contributed by atoms with Crippen molar-refractivity contribution in [1.29, 1.82) is 0 Å². The van der Waals surface area contributed by atoms with E-state index in [1.54, 1.807) is 25.3 Å². The van der Waals surface area contributed by atoms with E-state index in [9.17, 15) is 9.59 Å². The van der Waals surface area contributed by atoms with Crippen molar-refractivity contribution >= 4 is 23.6 Å². The molecule has 0 spiro atoms. The molecule has 6 heteroatoms. The van der Waals surface area contributed by atoms with Crippen LogP contribution >= 0.6 is 0 Å². The fourth-order valence-electron chi connectivity index (χ4n) is 2.61. The van der Waals surface area contributed by atoms with E-state index in [0.717, 1.165) is 16.8 Å². The van der Waals surface area contributed by atoms with Gasteiger partial charge in [-0.1, -0.05) is 29.8 Å². The van der Waals surface area contributed by atoms with E-state index in [1.807, 2.05) is 62.3 Å². The molecule has 0 radical (unpaired) electrons. The Balaban J connectivity index is 2.20. The fraction of sp³-hybridized carbons (Fsp3) is 0.304. The van der Waals surface area contributed by atoms with Gasteiger partial charge in [-0.15, -0.1) is 0 Å². The third-order valence-corrected chi connectivity index (χ3v) is 4.34. The highest BCUT2D eigenvalue weighted by molar-refractivity contribution is 6.05. The average molecular weight is 396 g/mol. The first-order chi connectivity index (χ1) is 13.9. The molecule has 0 aromatic heterocycles. The lowest BCUT2D eigenvalue weighted by atomic mass is 10.1. The van der Waals surface area contributed by atoms with Crippen molar-refractivity contribution in [3.63, 3.8) is 0 Å². The van der Waals surface area contributed by atoms with Crippen LogP contribution in [0.15, 0.2) is 54.2 Å². The molecular formula is C23H29N3O3. The fourth-order valence-corrected chi connectivity index (χ4v) is 2.61. The molecule has 0 saturated carbocycles. The summed E-state index contributed by atoms with van der Waals surface area (Å²) in [5.41, 5.74) is 3.63. The molecule has 29 heavy (non-hydrogen) atoms. The minimum atomic E-state index is -0.335. The van der Waals surface area contributed by atoms with Crippen molar-refractivity contribution in [1.82, 2.24) is 10.6 Å². The first-order valence-electron chi connectivity index (χ1n) is 9.55. The van der Waals surface area contributed by atoms with Crippen molar-refractivity contribution < 1.29 is 14.3 Å². The van der Waals surface area contributed by atoms with E-state index in [0.29, 0.717) is 25.1 Å². The molecule has 0 unspecified atom stereocenters. The minimum Gasteiger partial charge on any atom is -0.385 e. The van der Waals surface area contributed by atoms with Crippen LogP contribution in [0.2, 0.25) is 0 Å². The number of nitrogens with one attached hydrogen (secondary N) is 2. The van der Waals surface area contributed by atoms with E-state index in [4.69, 9.17) is 4.74 Å². The van der Waals surface area contributed by atoms with Gasteiger partial charge in [0.1, 0.15) is 5.70 Å². The van der Waals surface area contributed by atoms with Crippen LogP contribution in [-0.4, -0.2) is 46.2 Å². The van der Waals surface area contributed by atoms with Gasteiger partial charge in [-0.3, -0.25) is 9.59 Å². The summed E-state index contributed by atoms with van der Waals surface area (Å²) in [6.45, 7) is 2.98. The Morgan fingerprint density at radius 3 is 2.28 bits per heavy atom. The lowest BCUT2D eigenvalue weighted by Gasteiger charge is -2.13. The summed E-state index contributed by atoms with van der Waals surface area (Å²) in [6.07, 6.45) is 2.37. The van der Waals surface area contributed by atoms with Crippen LogP contribution in [0.5, 0.6) is 0 Å². The van der Waals surface area contributed by atoms with E-state index < -0.39 is 0 Å². The molecule has 0 fully saturated rings. The number of methoxy groups -OCH3 is 1. The predicted molar refractivity (Wildman–Crippen MR) is 117 cm³/mol. The minimum absolute atomic E-state index is 0.200. The highest BCUT2D eigenvalue weighted by Gasteiger charge is 2.14. The van der Waals surface area contributed by atoms with E-state index in [1.165, 1.54) is 0 Å². The summed E-state index contributed by atoms with van der Waals surface area (Å²) in [5, 5.41) is 5.57. The predicted octanol–water partition coefficient (Wildman–Crippen LogP) is 2.98. The summed E-state index contributed by atoms with van der Waals surface area (Å²) in [6, 6.07) is 14.9. The number of carbonyl (C=O) groups is 2. The number of aryl methyl sites for hydroxylation is 1. The third-order valence-electron chi connectivity index (χ3n) is 4.34. The first kappa shape index (κ1) is 22.2. The van der Waals surface area contributed by atoms with Crippen LogP contribution in [0.3, 0.4) is 0 Å². The maximum Gasteiger partial charge on any atom is 0.267 e. The van der Waals surface area contributed by atoms with Gasteiger partial charge in [0.15, 0.2) is 0 Å². The standard InChI is InChI=1S/C23H29N3O3/c1-17-6-10-19(11-7-17)22(27)25-21(23(28)24-14-5-15-29-4)16-18-8-12-20(13-9-18)26(2)3/h6-13,16H,5,14-15H2,1-4H3,(H,24,28)(H,25,27)/b21-16+. The Kier molecular flexibility index (Phi) is 8.43. The molecule has 0 heterocycles. The number of amides is 2. The van der Waals surface area contributed by atoms with Crippen LogP contribution in [0.1, 0.15) is 27.9 Å². The number of nitrogens with zero attached hydrogens (tertiary/aromatic N) is 1. The Bertz CT molecular complexity index is 841. The topological polar surface area (TPSA) is 70.7 Å². The lowest BCUT2D eigenvalue weighted by molar-refractivity contribution is -0.117. The van der Waals surface area contributed by atoms with Gasteiger partial charge in [0.25, 0.3) is 11.8 Å². The number of hydrogen-bond acceptors (Lipinski definition) is 4.